The molecule has 33 heavy (non-hydrogen) atoms. The lowest BCUT2D eigenvalue weighted by Gasteiger charge is -2.44. The topological polar surface area (TPSA) is 68.1 Å². The van der Waals surface area contributed by atoms with Crippen LogP contribution in [0.1, 0.15) is 50.2 Å². The molecule has 0 aliphatic heterocycles. The summed E-state index contributed by atoms with van der Waals surface area (Å²) in [4.78, 5) is 14.6. The minimum Gasteiger partial charge on any atom is -0.489 e. The van der Waals surface area contributed by atoms with Crippen molar-refractivity contribution in [2.24, 2.45) is 5.73 Å². The van der Waals surface area contributed by atoms with Crippen LogP contribution in [0.15, 0.2) is 53.5 Å². The maximum Gasteiger partial charge on any atom is 0.416 e. The standard InChI is InChI=1S/C25H26ClF3N2O2/c1-2-22(30)24(16-4-3-5-17(13-16)25(27,28)29)9-6-18(7-10-24)33-21-12-15-8-11-31-23(32)19(15)14-20(21)26/h3-5,8,11-14,18,22H,2,6-7,9-10,30H2,1H3,(H,31,32). The van der Waals surface area contributed by atoms with Gasteiger partial charge in [0.1, 0.15) is 5.75 Å². The summed E-state index contributed by atoms with van der Waals surface area (Å²) < 4.78 is 46.2. The van der Waals surface area contributed by atoms with Crippen LogP contribution in [-0.4, -0.2) is 17.1 Å². The van der Waals surface area contributed by atoms with E-state index in [0.717, 1.165) is 11.5 Å². The molecule has 0 bridgehead atoms. The Balaban J connectivity index is 1.57. The molecule has 1 fully saturated rings. The highest BCUT2D eigenvalue weighted by atomic mass is 35.5. The number of benzene rings is 2. The van der Waals surface area contributed by atoms with Crippen molar-refractivity contribution in [2.75, 3.05) is 0 Å². The second kappa shape index (κ2) is 9.03. The summed E-state index contributed by atoms with van der Waals surface area (Å²) in [5.41, 5.74) is 5.71. The third kappa shape index (κ3) is 4.62. The van der Waals surface area contributed by atoms with Crippen LogP contribution in [0, 0.1) is 0 Å². The largest absolute Gasteiger partial charge is 0.489 e. The first kappa shape index (κ1) is 23.6. The summed E-state index contributed by atoms with van der Waals surface area (Å²) in [5.74, 6) is 0.492. The third-order valence-corrected chi connectivity index (χ3v) is 7.15. The Morgan fingerprint density at radius 3 is 2.61 bits per heavy atom. The zero-order valence-electron chi connectivity index (χ0n) is 18.2. The summed E-state index contributed by atoms with van der Waals surface area (Å²) in [6.07, 6.45) is 0.164. The van der Waals surface area contributed by atoms with E-state index in [1.807, 2.05) is 6.92 Å². The van der Waals surface area contributed by atoms with Crippen LogP contribution >= 0.6 is 11.6 Å². The third-order valence-electron chi connectivity index (χ3n) is 6.86. The molecular weight excluding hydrogens is 453 g/mol. The van der Waals surface area contributed by atoms with Crippen LogP contribution in [0.2, 0.25) is 5.02 Å². The van der Waals surface area contributed by atoms with E-state index in [0.29, 0.717) is 53.8 Å². The molecule has 0 saturated heterocycles. The first-order valence-electron chi connectivity index (χ1n) is 11.0. The number of halogens is 4. The van der Waals surface area contributed by atoms with Crippen molar-refractivity contribution >= 4 is 22.4 Å². The highest BCUT2D eigenvalue weighted by Crippen LogP contribution is 2.45. The SMILES string of the molecule is CCC(N)C1(c2cccc(C(F)(F)F)c2)CCC(Oc2cc3cc[nH]c(=O)c3cc2Cl)CC1. The summed E-state index contributed by atoms with van der Waals surface area (Å²) in [6.45, 7) is 1.96. The van der Waals surface area contributed by atoms with Gasteiger partial charge in [0.2, 0.25) is 0 Å². The summed E-state index contributed by atoms with van der Waals surface area (Å²) >= 11 is 6.38. The molecule has 0 amide bonds. The van der Waals surface area contributed by atoms with Crippen molar-refractivity contribution in [3.63, 3.8) is 0 Å². The molecule has 2 aromatic carbocycles. The second-order valence-corrected chi connectivity index (χ2v) is 9.15. The quantitative estimate of drug-likeness (QED) is 0.459. The molecule has 1 aromatic heterocycles. The molecule has 1 aliphatic rings. The van der Waals surface area contributed by atoms with Crippen LogP contribution in [0.3, 0.4) is 0 Å². The van der Waals surface area contributed by atoms with Gasteiger partial charge in [0.05, 0.1) is 16.7 Å². The van der Waals surface area contributed by atoms with E-state index in [1.54, 1.807) is 30.5 Å². The molecular formula is C25H26ClF3N2O2. The molecule has 4 rings (SSSR count). The Morgan fingerprint density at radius 1 is 1.21 bits per heavy atom. The van der Waals surface area contributed by atoms with Gasteiger partial charge in [0.25, 0.3) is 5.56 Å². The Kier molecular flexibility index (Phi) is 6.47. The van der Waals surface area contributed by atoms with E-state index < -0.39 is 17.2 Å². The number of aromatic nitrogens is 1. The van der Waals surface area contributed by atoms with Crippen LogP contribution in [0.5, 0.6) is 5.75 Å². The first-order valence-corrected chi connectivity index (χ1v) is 11.4. The minimum absolute atomic E-state index is 0.148. The number of nitrogens with one attached hydrogen (secondary N) is 1. The zero-order valence-corrected chi connectivity index (χ0v) is 19.0. The number of pyridine rings is 1. The van der Waals surface area contributed by atoms with Gasteiger partial charge in [0.15, 0.2) is 0 Å². The van der Waals surface area contributed by atoms with Crippen LogP contribution < -0.4 is 16.0 Å². The fourth-order valence-corrected chi connectivity index (χ4v) is 5.16. The maximum atomic E-state index is 13.3. The number of alkyl halides is 3. The summed E-state index contributed by atoms with van der Waals surface area (Å²) in [5, 5.41) is 1.55. The van der Waals surface area contributed by atoms with E-state index >= 15 is 0 Å². The number of hydrogen-bond donors (Lipinski definition) is 2. The normalized spacial score (nSPS) is 22.3. The van der Waals surface area contributed by atoms with Crippen molar-refractivity contribution in [3.05, 3.63) is 75.2 Å². The van der Waals surface area contributed by atoms with Gasteiger partial charge < -0.3 is 15.5 Å². The highest BCUT2D eigenvalue weighted by molar-refractivity contribution is 6.32. The Hall–Kier alpha value is -2.51. The average Bonchev–Trinajstić information content (AvgIpc) is 2.80. The van der Waals surface area contributed by atoms with Crippen molar-refractivity contribution < 1.29 is 17.9 Å². The van der Waals surface area contributed by atoms with E-state index in [9.17, 15) is 18.0 Å². The lowest BCUT2D eigenvalue weighted by molar-refractivity contribution is -0.137. The number of nitrogens with two attached hydrogens (primary N) is 1. The van der Waals surface area contributed by atoms with Gasteiger partial charge in [-0.2, -0.15) is 13.2 Å². The maximum absolute atomic E-state index is 13.3. The lowest BCUT2D eigenvalue weighted by Crippen LogP contribution is -2.49. The number of ether oxygens (including phenoxy) is 1. The molecule has 1 saturated carbocycles. The van der Waals surface area contributed by atoms with Gasteiger partial charge in [-0.05, 0) is 67.3 Å². The number of fused-ring (bicyclic) bond motifs is 1. The van der Waals surface area contributed by atoms with E-state index in [-0.39, 0.29) is 17.7 Å². The average molecular weight is 479 g/mol. The Bertz CT molecular complexity index is 1200. The molecule has 0 spiro atoms. The molecule has 1 unspecified atom stereocenters. The van der Waals surface area contributed by atoms with E-state index in [4.69, 9.17) is 22.1 Å². The number of hydrogen-bond acceptors (Lipinski definition) is 3. The van der Waals surface area contributed by atoms with Gasteiger partial charge >= 0.3 is 6.18 Å². The predicted molar refractivity (Wildman–Crippen MR) is 124 cm³/mol. The number of H-pyrrole nitrogens is 1. The smallest absolute Gasteiger partial charge is 0.416 e. The summed E-state index contributed by atoms with van der Waals surface area (Å²) in [7, 11) is 0. The molecule has 176 valence electrons. The molecule has 1 heterocycles. The minimum atomic E-state index is -4.40. The summed E-state index contributed by atoms with van der Waals surface area (Å²) in [6, 6.07) is 10.4. The predicted octanol–water partition coefficient (Wildman–Crippen LogP) is 6.20. The lowest BCUT2D eigenvalue weighted by atomic mass is 9.63. The van der Waals surface area contributed by atoms with Gasteiger partial charge in [0, 0.05) is 23.0 Å². The van der Waals surface area contributed by atoms with Crippen LogP contribution in [-0.2, 0) is 11.6 Å². The highest BCUT2D eigenvalue weighted by Gasteiger charge is 2.43. The second-order valence-electron chi connectivity index (χ2n) is 8.74. The number of aromatic amines is 1. The van der Waals surface area contributed by atoms with Crippen LogP contribution in [0.25, 0.3) is 10.8 Å². The fourth-order valence-electron chi connectivity index (χ4n) is 4.95. The van der Waals surface area contributed by atoms with Crippen molar-refractivity contribution in [3.8, 4) is 5.75 Å². The van der Waals surface area contributed by atoms with Gasteiger partial charge in [-0.3, -0.25) is 4.79 Å². The Labute approximate surface area is 194 Å². The molecule has 0 radical (unpaired) electrons. The monoisotopic (exact) mass is 478 g/mol. The molecule has 4 nitrogen and oxygen atoms in total. The molecule has 8 heteroatoms. The molecule has 1 aliphatic carbocycles. The van der Waals surface area contributed by atoms with Crippen LogP contribution in [0.4, 0.5) is 13.2 Å². The van der Waals surface area contributed by atoms with Crippen molar-refractivity contribution in [1.82, 2.24) is 4.98 Å². The van der Waals surface area contributed by atoms with Crippen molar-refractivity contribution in [1.29, 1.82) is 0 Å². The van der Waals surface area contributed by atoms with E-state index in [1.165, 1.54) is 12.1 Å². The first-order chi connectivity index (χ1) is 15.6. The fraction of sp³-hybridized carbons (Fsp3) is 0.400. The van der Waals surface area contributed by atoms with Gasteiger partial charge in [-0.1, -0.05) is 36.7 Å². The molecule has 3 aromatic rings. The Morgan fingerprint density at radius 2 is 1.94 bits per heavy atom. The zero-order chi connectivity index (χ0) is 23.8. The molecule has 3 N–H and O–H groups in total. The number of rotatable bonds is 5. The van der Waals surface area contributed by atoms with Gasteiger partial charge in [-0.15, -0.1) is 0 Å². The van der Waals surface area contributed by atoms with Gasteiger partial charge in [-0.25, -0.2) is 0 Å². The van der Waals surface area contributed by atoms with Crippen molar-refractivity contribution in [2.45, 2.75) is 62.8 Å². The molecule has 1 atom stereocenters. The van der Waals surface area contributed by atoms with E-state index in [2.05, 4.69) is 4.98 Å².